The Labute approximate surface area is 207 Å². The molecule has 6 nitrogen and oxygen atoms in total. The fourth-order valence-electron chi connectivity index (χ4n) is 3.53. The van der Waals surface area contributed by atoms with E-state index in [9.17, 15) is 9.18 Å². The van der Waals surface area contributed by atoms with Crippen LogP contribution in [-0.2, 0) is 4.79 Å². The number of carbonyl (C=O) groups is 1. The fourth-order valence-corrected chi connectivity index (χ4v) is 4.42. The van der Waals surface area contributed by atoms with Crippen LogP contribution in [0.4, 0.5) is 15.9 Å². The Hall–Kier alpha value is -2.94. The van der Waals surface area contributed by atoms with Gasteiger partial charge in [-0.3, -0.25) is 9.69 Å². The number of thioether (sulfide) groups is 1. The summed E-state index contributed by atoms with van der Waals surface area (Å²) in [6.45, 7) is 4.41. The standard InChI is InChI=1S/C25H25ClFN5OS/c26-22-17-23(30-25(29-22)34-18-24(33)28-21-10-8-20(27)9-11-21)32-15-13-31(14-16-32)12-4-7-19-5-2-1-3-6-19/h1-11,17H,12-16,18H2,(H,28,33)/b7-4+. The van der Waals surface area contributed by atoms with Crippen molar-refractivity contribution in [1.29, 1.82) is 0 Å². The van der Waals surface area contributed by atoms with Crippen molar-refractivity contribution in [3.8, 4) is 0 Å². The van der Waals surface area contributed by atoms with E-state index in [4.69, 9.17) is 11.6 Å². The first kappa shape index (κ1) is 24.2. The molecule has 0 atom stereocenters. The molecule has 1 fully saturated rings. The van der Waals surface area contributed by atoms with Crippen LogP contribution in [0.3, 0.4) is 0 Å². The van der Waals surface area contributed by atoms with Crippen molar-refractivity contribution in [1.82, 2.24) is 14.9 Å². The number of halogens is 2. The molecule has 1 N–H and O–H groups in total. The summed E-state index contributed by atoms with van der Waals surface area (Å²) in [5.41, 5.74) is 1.74. The molecule has 0 unspecified atom stereocenters. The minimum absolute atomic E-state index is 0.124. The van der Waals surface area contributed by atoms with Crippen molar-refractivity contribution >= 4 is 46.9 Å². The van der Waals surface area contributed by atoms with Gasteiger partial charge in [-0.25, -0.2) is 14.4 Å². The Morgan fingerprint density at radius 1 is 1.06 bits per heavy atom. The topological polar surface area (TPSA) is 61.4 Å². The zero-order valence-electron chi connectivity index (χ0n) is 18.5. The number of anilines is 2. The predicted octanol–water partition coefficient (Wildman–Crippen LogP) is 4.84. The van der Waals surface area contributed by atoms with Crippen LogP contribution in [-0.4, -0.2) is 59.3 Å². The highest BCUT2D eigenvalue weighted by atomic mass is 35.5. The predicted molar refractivity (Wildman–Crippen MR) is 137 cm³/mol. The summed E-state index contributed by atoms with van der Waals surface area (Å²) in [5, 5.41) is 3.52. The second-order valence-electron chi connectivity index (χ2n) is 7.78. The molecule has 1 saturated heterocycles. The number of hydrogen-bond donors (Lipinski definition) is 1. The van der Waals surface area contributed by atoms with Gasteiger partial charge in [0.2, 0.25) is 5.91 Å². The Morgan fingerprint density at radius 2 is 1.79 bits per heavy atom. The van der Waals surface area contributed by atoms with E-state index in [-0.39, 0.29) is 17.5 Å². The third-order valence-electron chi connectivity index (χ3n) is 5.29. The lowest BCUT2D eigenvalue weighted by Gasteiger charge is -2.35. The van der Waals surface area contributed by atoms with Crippen molar-refractivity contribution < 1.29 is 9.18 Å². The molecule has 34 heavy (non-hydrogen) atoms. The van der Waals surface area contributed by atoms with E-state index >= 15 is 0 Å². The lowest BCUT2D eigenvalue weighted by Crippen LogP contribution is -2.46. The van der Waals surface area contributed by atoms with Crippen LogP contribution >= 0.6 is 23.4 Å². The van der Waals surface area contributed by atoms with E-state index in [1.54, 1.807) is 6.07 Å². The molecule has 2 heterocycles. The van der Waals surface area contributed by atoms with Gasteiger partial charge in [-0.2, -0.15) is 0 Å². The van der Waals surface area contributed by atoms with Gasteiger partial charge >= 0.3 is 0 Å². The molecule has 1 aliphatic heterocycles. The van der Waals surface area contributed by atoms with Crippen molar-refractivity contribution in [3.63, 3.8) is 0 Å². The van der Waals surface area contributed by atoms with Crippen LogP contribution in [0.5, 0.6) is 0 Å². The molecule has 1 aliphatic rings. The highest BCUT2D eigenvalue weighted by Crippen LogP contribution is 2.23. The lowest BCUT2D eigenvalue weighted by molar-refractivity contribution is -0.113. The van der Waals surface area contributed by atoms with Crippen molar-refractivity contribution in [2.45, 2.75) is 5.16 Å². The number of nitrogens with zero attached hydrogens (tertiary/aromatic N) is 4. The number of hydrogen-bond acceptors (Lipinski definition) is 6. The number of carbonyl (C=O) groups excluding carboxylic acids is 1. The first-order valence-corrected chi connectivity index (χ1v) is 12.3. The van der Waals surface area contributed by atoms with Gasteiger partial charge in [0.1, 0.15) is 16.8 Å². The first-order chi connectivity index (χ1) is 16.5. The molecule has 0 radical (unpaired) electrons. The van der Waals surface area contributed by atoms with Crippen molar-refractivity contribution in [2.75, 3.05) is 48.7 Å². The molecule has 0 spiro atoms. The Bertz CT molecular complexity index is 1120. The molecular weight excluding hydrogens is 473 g/mol. The van der Waals surface area contributed by atoms with Crippen LogP contribution in [0.15, 0.2) is 71.9 Å². The summed E-state index contributed by atoms with van der Waals surface area (Å²) in [5.74, 6) is 0.315. The Balaban J connectivity index is 1.27. The number of nitrogens with one attached hydrogen (secondary N) is 1. The van der Waals surface area contributed by atoms with Gasteiger partial charge < -0.3 is 10.2 Å². The third-order valence-corrected chi connectivity index (χ3v) is 6.33. The number of amides is 1. The monoisotopic (exact) mass is 497 g/mol. The number of benzene rings is 2. The number of rotatable bonds is 8. The maximum Gasteiger partial charge on any atom is 0.234 e. The zero-order chi connectivity index (χ0) is 23.8. The smallest absolute Gasteiger partial charge is 0.234 e. The molecule has 9 heteroatoms. The third kappa shape index (κ3) is 7.28. The van der Waals surface area contributed by atoms with Gasteiger partial charge in [0.05, 0.1) is 5.75 Å². The molecule has 176 valence electrons. The van der Waals surface area contributed by atoms with Gasteiger partial charge in [-0.15, -0.1) is 0 Å². The molecule has 1 aromatic heterocycles. The molecule has 4 rings (SSSR count). The highest BCUT2D eigenvalue weighted by molar-refractivity contribution is 7.99. The van der Waals surface area contributed by atoms with Crippen LogP contribution in [0.1, 0.15) is 5.56 Å². The molecule has 0 aliphatic carbocycles. The summed E-state index contributed by atoms with van der Waals surface area (Å²) < 4.78 is 13.0. The van der Waals surface area contributed by atoms with E-state index in [0.29, 0.717) is 16.0 Å². The average molecular weight is 498 g/mol. The van der Waals surface area contributed by atoms with Crippen molar-refractivity contribution in [3.05, 3.63) is 83.3 Å². The zero-order valence-corrected chi connectivity index (χ0v) is 20.1. The summed E-state index contributed by atoms with van der Waals surface area (Å²) in [7, 11) is 0. The minimum atomic E-state index is -0.350. The lowest BCUT2D eigenvalue weighted by atomic mass is 10.2. The van der Waals surface area contributed by atoms with Gasteiger partial charge in [-0.05, 0) is 29.8 Å². The molecular formula is C25H25ClFN5OS. The summed E-state index contributed by atoms with van der Waals surface area (Å²) in [6, 6.07) is 17.7. The van der Waals surface area contributed by atoms with Crippen LogP contribution in [0.2, 0.25) is 5.15 Å². The minimum Gasteiger partial charge on any atom is -0.354 e. The SMILES string of the molecule is O=C(CSc1nc(Cl)cc(N2CCN(C/C=C/c3ccccc3)CC2)n1)Nc1ccc(F)cc1. The van der Waals surface area contributed by atoms with Gasteiger partial charge in [0, 0.05) is 44.5 Å². The quantitative estimate of drug-likeness (QED) is 0.273. The normalized spacial score (nSPS) is 14.5. The summed E-state index contributed by atoms with van der Waals surface area (Å²) in [4.78, 5) is 25.7. The molecule has 1 amide bonds. The van der Waals surface area contributed by atoms with Gasteiger partial charge in [-0.1, -0.05) is 65.8 Å². The second kappa shape index (κ2) is 12.0. The van der Waals surface area contributed by atoms with Crippen LogP contribution in [0.25, 0.3) is 6.08 Å². The first-order valence-electron chi connectivity index (χ1n) is 11.0. The maximum atomic E-state index is 13.0. The maximum absolute atomic E-state index is 13.0. The van der Waals surface area contributed by atoms with Gasteiger partial charge in [0.15, 0.2) is 5.16 Å². The van der Waals surface area contributed by atoms with E-state index < -0.39 is 0 Å². The molecule has 3 aromatic rings. The largest absolute Gasteiger partial charge is 0.354 e. The Morgan fingerprint density at radius 3 is 2.53 bits per heavy atom. The number of piperazine rings is 1. The second-order valence-corrected chi connectivity index (χ2v) is 9.11. The highest BCUT2D eigenvalue weighted by Gasteiger charge is 2.19. The fraction of sp³-hybridized carbons (Fsp3) is 0.240. The van der Waals surface area contributed by atoms with Crippen LogP contribution in [0, 0.1) is 5.82 Å². The van der Waals surface area contributed by atoms with Gasteiger partial charge in [0.25, 0.3) is 0 Å². The molecule has 2 aromatic carbocycles. The van der Waals surface area contributed by atoms with E-state index in [1.165, 1.54) is 41.6 Å². The summed E-state index contributed by atoms with van der Waals surface area (Å²) in [6.07, 6.45) is 4.34. The van der Waals surface area contributed by atoms with E-state index in [0.717, 1.165) is 38.5 Å². The van der Waals surface area contributed by atoms with Crippen molar-refractivity contribution in [2.24, 2.45) is 0 Å². The molecule has 0 saturated carbocycles. The average Bonchev–Trinajstić information content (AvgIpc) is 2.85. The summed E-state index contributed by atoms with van der Waals surface area (Å²) >= 11 is 7.45. The van der Waals surface area contributed by atoms with E-state index in [1.807, 2.05) is 18.2 Å². The van der Waals surface area contributed by atoms with Crippen LogP contribution < -0.4 is 10.2 Å². The Kier molecular flexibility index (Phi) is 8.51. The van der Waals surface area contributed by atoms with E-state index in [2.05, 4.69) is 49.4 Å². The molecule has 0 bridgehead atoms. The number of aromatic nitrogens is 2.